The van der Waals surface area contributed by atoms with Crippen LogP contribution < -0.4 is 0 Å². The van der Waals surface area contributed by atoms with E-state index in [1.165, 1.54) is 31.1 Å². The molecule has 0 aromatic heterocycles. The van der Waals surface area contributed by atoms with Gasteiger partial charge in [-0.1, -0.05) is 51.5 Å². The van der Waals surface area contributed by atoms with E-state index in [0.29, 0.717) is 17.8 Å². The predicted octanol–water partition coefficient (Wildman–Crippen LogP) is 5.81. The molecule has 1 unspecified atom stereocenters. The number of carbonyl (C=O) groups is 1. The minimum absolute atomic E-state index is 0.0838. The first kappa shape index (κ1) is 17.5. The molecule has 1 fully saturated rings. The lowest BCUT2D eigenvalue weighted by atomic mass is 9.47. The van der Waals surface area contributed by atoms with Gasteiger partial charge in [0.1, 0.15) is 0 Å². The highest BCUT2D eigenvalue weighted by atomic mass is 16.5. The minimum atomic E-state index is -0.384. The van der Waals surface area contributed by atoms with E-state index >= 15 is 0 Å². The van der Waals surface area contributed by atoms with Crippen molar-refractivity contribution in [2.24, 2.45) is 28.6 Å². The standard InChI is InChI=1S/C22H32O2/c1-6-24-20(23)22(5)13-7-12-21(4)18-10-8-16(15(2)3)14-17(18)9-11-19(21)22/h6,9,14-15,18-19H,1,7-8,10-13H2,2-5H3/t18-,19?,21-,22+/m1/s1. The van der Waals surface area contributed by atoms with Crippen LogP contribution in [-0.4, -0.2) is 5.97 Å². The maximum absolute atomic E-state index is 12.7. The van der Waals surface area contributed by atoms with Crippen LogP contribution in [0.3, 0.4) is 0 Å². The van der Waals surface area contributed by atoms with Crippen molar-refractivity contribution in [1.29, 1.82) is 0 Å². The van der Waals surface area contributed by atoms with Crippen molar-refractivity contribution in [3.63, 3.8) is 0 Å². The fourth-order valence-corrected chi connectivity index (χ4v) is 5.80. The highest BCUT2D eigenvalue weighted by molar-refractivity contribution is 5.77. The van der Waals surface area contributed by atoms with Gasteiger partial charge in [0.25, 0.3) is 0 Å². The van der Waals surface area contributed by atoms with Crippen molar-refractivity contribution in [1.82, 2.24) is 0 Å². The summed E-state index contributed by atoms with van der Waals surface area (Å²) in [5.41, 5.74) is 2.94. The summed E-state index contributed by atoms with van der Waals surface area (Å²) in [6, 6.07) is 0. The van der Waals surface area contributed by atoms with Crippen LogP contribution in [0.25, 0.3) is 0 Å². The molecule has 0 heterocycles. The number of esters is 1. The predicted molar refractivity (Wildman–Crippen MR) is 98.2 cm³/mol. The molecule has 0 amide bonds. The first-order valence-electron chi connectivity index (χ1n) is 9.55. The molecule has 0 bridgehead atoms. The fraction of sp³-hybridized carbons (Fsp3) is 0.682. The van der Waals surface area contributed by atoms with E-state index in [-0.39, 0.29) is 16.8 Å². The van der Waals surface area contributed by atoms with Gasteiger partial charge in [0.05, 0.1) is 11.7 Å². The van der Waals surface area contributed by atoms with Gasteiger partial charge in [-0.3, -0.25) is 4.79 Å². The van der Waals surface area contributed by atoms with Gasteiger partial charge < -0.3 is 4.74 Å². The number of allylic oxidation sites excluding steroid dienone is 4. The summed E-state index contributed by atoms with van der Waals surface area (Å²) < 4.78 is 5.26. The van der Waals surface area contributed by atoms with E-state index in [9.17, 15) is 4.79 Å². The van der Waals surface area contributed by atoms with Crippen molar-refractivity contribution in [3.8, 4) is 0 Å². The molecule has 4 atom stereocenters. The third kappa shape index (κ3) is 2.59. The summed E-state index contributed by atoms with van der Waals surface area (Å²) in [5, 5.41) is 0. The molecule has 3 aliphatic carbocycles. The zero-order chi connectivity index (χ0) is 17.5. The Morgan fingerprint density at radius 1 is 1.38 bits per heavy atom. The van der Waals surface area contributed by atoms with Crippen LogP contribution in [0.5, 0.6) is 0 Å². The Morgan fingerprint density at radius 2 is 2.12 bits per heavy atom. The number of rotatable bonds is 3. The third-order valence-corrected chi connectivity index (χ3v) is 7.24. The summed E-state index contributed by atoms with van der Waals surface area (Å²) in [6.45, 7) is 12.7. The largest absolute Gasteiger partial charge is 0.435 e. The van der Waals surface area contributed by atoms with Crippen LogP contribution in [0.15, 0.2) is 36.1 Å². The van der Waals surface area contributed by atoms with Gasteiger partial charge in [-0.15, -0.1) is 0 Å². The molecule has 0 aromatic carbocycles. The van der Waals surface area contributed by atoms with E-state index in [0.717, 1.165) is 19.3 Å². The fourth-order valence-electron chi connectivity index (χ4n) is 5.80. The Labute approximate surface area is 147 Å². The summed E-state index contributed by atoms with van der Waals surface area (Å²) in [4.78, 5) is 12.7. The molecule has 2 nitrogen and oxygen atoms in total. The second-order valence-corrected chi connectivity index (χ2v) is 8.81. The van der Waals surface area contributed by atoms with Crippen LogP contribution >= 0.6 is 0 Å². The third-order valence-electron chi connectivity index (χ3n) is 7.24. The van der Waals surface area contributed by atoms with E-state index in [2.05, 4.69) is 46.4 Å². The van der Waals surface area contributed by atoms with Gasteiger partial charge in [0.15, 0.2) is 0 Å². The normalized spacial score (nSPS) is 38.5. The van der Waals surface area contributed by atoms with E-state index < -0.39 is 0 Å². The summed E-state index contributed by atoms with van der Waals surface area (Å²) in [5.74, 6) is 1.51. The van der Waals surface area contributed by atoms with Crippen LogP contribution in [-0.2, 0) is 9.53 Å². The number of carbonyl (C=O) groups excluding carboxylic acids is 1. The summed E-state index contributed by atoms with van der Waals surface area (Å²) >= 11 is 0. The molecule has 0 radical (unpaired) electrons. The molecule has 0 aliphatic heterocycles. The van der Waals surface area contributed by atoms with E-state index in [1.54, 1.807) is 5.57 Å². The Balaban J connectivity index is 1.97. The van der Waals surface area contributed by atoms with Crippen molar-refractivity contribution >= 4 is 5.97 Å². The Bertz CT molecular complexity index is 597. The molecule has 3 rings (SSSR count). The van der Waals surface area contributed by atoms with Crippen molar-refractivity contribution in [3.05, 3.63) is 36.1 Å². The topological polar surface area (TPSA) is 26.3 Å². The van der Waals surface area contributed by atoms with E-state index in [1.807, 2.05) is 0 Å². The highest BCUT2D eigenvalue weighted by Gasteiger charge is 2.57. The highest BCUT2D eigenvalue weighted by Crippen LogP contribution is 2.62. The lowest BCUT2D eigenvalue weighted by molar-refractivity contribution is -0.163. The van der Waals surface area contributed by atoms with Gasteiger partial charge in [-0.2, -0.15) is 0 Å². The number of ether oxygens (including phenoxy) is 1. The SMILES string of the molecule is C=COC(=O)[C@@]1(C)CCC[C@@]2(C)C1CC=C1C=C(C(C)C)CC[C@H]12. The average molecular weight is 328 g/mol. The van der Waals surface area contributed by atoms with Crippen molar-refractivity contribution in [2.75, 3.05) is 0 Å². The quantitative estimate of drug-likeness (QED) is 0.483. The molecule has 132 valence electrons. The van der Waals surface area contributed by atoms with Crippen LogP contribution in [0.1, 0.15) is 66.2 Å². The maximum Gasteiger partial charge on any atom is 0.316 e. The minimum Gasteiger partial charge on any atom is -0.435 e. The molecule has 1 saturated carbocycles. The molecule has 3 aliphatic rings. The van der Waals surface area contributed by atoms with Gasteiger partial charge in [0.2, 0.25) is 0 Å². The van der Waals surface area contributed by atoms with Gasteiger partial charge >= 0.3 is 5.97 Å². The molecular formula is C22H32O2. The zero-order valence-electron chi connectivity index (χ0n) is 15.7. The lowest BCUT2D eigenvalue weighted by Crippen LogP contribution is -2.53. The first-order chi connectivity index (χ1) is 11.3. The van der Waals surface area contributed by atoms with Crippen molar-refractivity contribution in [2.45, 2.75) is 66.2 Å². The second-order valence-electron chi connectivity index (χ2n) is 8.81. The van der Waals surface area contributed by atoms with E-state index in [4.69, 9.17) is 4.74 Å². The Kier molecular flexibility index (Phi) is 4.53. The van der Waals surface area contributed by atoms with Crippen LogP contribution in [0.4, 0.5) is 0 Å². The number of hydrogen-bond donors (Lipinski definition) is 0. The molecule has 24 heavy (non-hydrogen) atoms. The first-order valence-corrected chi connectivity index (χ1v) is 9.55. The van der Waals surface area contributed by atoms with Gasteiger partial charge in [-0.25, -0.2) is 0 Å². The average Bonchev–Trinajstić information content (AvgIpc) is 2.54. The molecule has 0 spiro atoms. The summed E-state index contributed by atoms with van der Waals surface area (Å²) in [6.07, 6.45) is 12.9. The Morgan fingerprint density at radius 3 is 2.79 bits per heavy atom. The zero-order valence-corrected chi connectivity index (χ0v) is 15.7. The van der Waals surface area contributed by atoms with Gasteiger partial charge in [0, 0.05) is 0 Å². The molecule has 0 saturated heterocycles. The van der Waals surface area contributed by atoms with Gasteiger partial charge in [-0.05, 0) is 67.8 Å². The lowest BCUT2D eigenvalue weighted by Gasteiger charge is -2.57. The smallest absolute Gasteiger partial charge is 0.316 e. The molecular weight excluding hydrogens is 296 g/mol. The monoisotopic (exact) mass is 328 g/mol. The summed E-state index contributed by atoms with van der Waals surface area (Å²) in [7, 11) is 0. The molecule has 2 heteroatoms. The second kappa shape index (κ2) is 6.20. The van der Waals surface area contributed by atoms with Crippen molar-refractivity contribution < 1.29 is 9.53 Å². The Hall–Kier alpha value is -1.31. The van der Waals surface area contributed by atoms with Crippen LogP contribution in [0.2, 0.25) is 0 Å². The molecule has 0 N–H and O–H groups in total. The number of fused-ring (bicyclic) bond motifs is 3. The maximum atomic E-state index is 12.7. The van der Waals surface area contributed by atoms with Crippen LogP contribution in [0, 0.1) is 28.6 Å². The molecule has 0 aromatic rings. The number of hydrogen-bond acceptors (Lipinski definition) is 2.